The molecular weight excluding hydrogens is 653 g/mol. The molecule has 0 radical (unpaired) electrons. The predicted octanol–water partition coefficient (Wildman–Crippen LogP) is 9.25. The Balaban J connectivity index is 0.000000411. The van der Waals surface area contributed by atoms with E-state index in [4.69, 9.17) is 23.4 Å². The number of rotatable bonds is 11. The van der Waals surface area contributed by atoms with E-state index in [1.54, 1.807) is 28.4 Å². The number of methoxy groups -OCH3 is 4. The zero-order chi connectivity index (χ0) is 37.2. The summed E-state index contributed by atoms with van der Waals surface area (Å²) in [6.07, 6.45) is 5.00. The van der Waals surface area contributed by atoms with Crippen LogP contribution in [0.3, 0.4) is 0 Å². The van der Waals surface area contributed by atoms with Gasteiger partial charge in [-0.3, -0.25) is 4.79 Å². The summed E-state index contributed by atoms with van der Waals surface area (Å²) in [4.78, 5) is 10.5. The average molecular weight is 703 g/mol. The molecule has 0 unspecified atom stereocenters. The molecule has 0 aromatic heterocycles. The Labute approximate surface area is 304 Å². The summed E-state index contributed by atoms with van der Waals surface area (Å²) >= 11 is 0. The van der Waals surface area contributed by atoms with Gasteiger partial charge in [0.2, 0.25) is 0 Å². The van der Waals surface area contributed by atoms with Gasteiger partial charge in [0.05, 0.1) is 28.4 Å². The van der Waals surface area contributed by atoms with Gasteiger partial charge in [0.1, 0.15) is 17.8 Å². The number of benzene rings is 5. The van der Waals surface area contributed by atoms with E-state index >= 15 is 0 Å². The van der Waals surface area contributed by atoms with Crippen LogP contribution in [-0.4, -0.2) is 43.0 Å². The molecule has 0 atom stereocenters. The van der Waals surface area contributed by atoms with Gasteiger partial charge >= 0.3 is 8.32 Å². The molecule has 0 aliphatic rings. The number of carbonyl (C=O) groups is 1. The molecule has 0 aliphatic heterocycles. The van der Waals surface area contributed by atoms with Crippen LogP contribution < -0.4 is 33.7 Å². The van der Waals surface area contributed by atoms with Crippen molar-refractivity contribution in [3.05, 3.63) is 137 Å². The van der Waals surface area contributed by atoms with Gasteiger partial charge in [-0.15, -0.1) is 0 Å². The Morgan fingerprint density at radius 1 is 0.510 bits per heavy atom. The van der Waals surface area contributed by atoms with Gasteiger partial charge in [0.25, 0.3) is 0 Å². The second kappa shape index (κ2) is 17.1. The molecule has 6 nitrogen and oxygen atoms in total. The molecule has 7 heteroatoms. The van der Waals surface area contributed by atoms with Gasteiger partial charge in [-0.05, 0) is 100 Å². The van der Waals surface area contributed by atoms with Crippen molar-refractivity contribution in [2.75, 3.05) is 28.4 Å². The lowest BCUT2D eigenvalue weighted by atomic mass is 10.1. The van der Waals surface area contributed by atoms with Gasteiger partial charge in [0, 0.05) is 5.56 Å². The molecule has 0 N–H and O–H groups in total. The largest absolute Gasteiger partial charge is 0.531 e. The Kier molecular flexibility index (Phi) is 12.9. The van der Waals surface area contributed by atoms with Gasteiger partial charge in [-0.1, -0.05) is 99.7 Å². The van der Waals surface area contributed by atoms with Crippen molar-refractivity contribution >= 4 is 37.1 Å². The molecule has 0 heterocycles. The van der Waals surface area contributed by atoms with Crippen LogP contribution in [0.25, 0.3) is 12.2 Å². The van der Waals surface area contributed by atoms with Crippen LogP contribution in [0, 0.1) is 20.8 Å². The first kappa shape index (κ1) is 38.5. The van der Waals surface area contributed by atoms with Gasteiger partial charge < -0.3 is 23.4 Å². The first-order valence-corrected chi connectivity index (χ1v) is 18.8. The lowest BCUT2D eigenvalue weighted by Crippen LogP contribution is -2.68. The van der Waals surface area contributed by atoms with Gasteiger partial charge in [-0.25, -0.2) is 0 Å². The minimum Gasteiger partial charge on any atom is -0.531 e. The summed E-state index contributed by atoms with van der Waals surface area (Å²) in [6, 6.07) is 35.1. The fraction of sp³-hybridized carbons (Fsp3) is 0.250. The topological polar surface area (TPSA) is 63.2 Å². The molecule has 0 saturated carbocycles. The lowest BCUT2D eigenvalue weighted by molar-refractivity contribution is 0.112. The van der Waals surface area contributed by atoms with E-state index < -0.39 is 8.32 Å². The van der Waals surface area contributed by atoms with Crippen LogP contribution in [-0.2, 0) is 0 Å². The van der Waals surface area contributed by atoms with Crippen molar-refractivity contribution in [3.63, 3.8) is 0 Å². The molecule has 0 bridgehead atoms. The highest BCUT2D eigenvalue weighted by atomic mass is 28.4. The summed E-state index contributed by atoms with van der Waals surface area (Å²) in [5.41, 5.74) is 5.75. The second-order valence-electron chi connectivity index (χ2n) is 13.4. The SMILES string of the molecule is COc1c(C)cc(C=O)cc1C.COc1ccc(/C=C\c2cc(C)c(OC)c(OC)c2)cc1O[Si](c1ccccc1)(c1ccccc1)C(C)(C)C. The summed E-state index contributed by atoms with van der Waals surface area (Å²) in [7, 11) is 3.83. The van der Waals surface area contributed by atoms with Crippen LogP contribution in [0.2, 0.25) is 5.04 Å². The summed E-state index contributed by atoms with van der Waals surface area (Å²) in [5.74, 6) is 3.77. The highest BCUT2D eigenvalue weighted by molar-refractivity contribution is 7.00. The summed E-state index contributed by atoms with van der Waals surface area (Å²) < 4.78 is 29.3. The third-order valence-corrected chi connectivity index (χ3v) is 13.8. The van der Waals surface area contributed by atoms with E-state index in [9.17, 15) is 4.79 Å². The summed E-state index contributed by atoms with van der Waals surface area (Å²) in [5, 5.41) is 2.27. The standard InChI is InChI=1S/C34H38O4Si.C10H12O2/c1-25-22-27(24-32(36-6)33(25)37-7)19-18-26-20-21-30(35-5)31(23-26)38-39(34(2,3)4,28-14-10-8-11-15-28)29-16-12-9-13-17-29;1-7-4-9(6-11)5-8(2)10(7)12-3/h8-24H,1-7H3;4-6H,1-3H3/b19-18-;. The van der Waals surface area contributed by atoms with E-state index in [0.717, 1.165) is 51.4 Å². The maximum absolute atomic E-state index is 10.5. The fourth-order valence-electron chi connectivity index (χ4n) is 6.54. The number of carbonyl (C=O) groups excluding carboxylic acids is 1. The molecule has 0 aliphatic carbocycles. The van der Waals surface area contributed by atoms with Gasteiger partial charge in [0.15, 0.2) is 17.2 Å². The van der Waals surface area contributed by atoms with E-state index in [0.29, 0.717) is 17.1 Å². The maximum Gasteiger partial charge on any atom is 0.320 e. The van der Waals surface area contributed by atoms with Crippen molar-refractivity contribution in [2.45, 2.75) is 46.6 Å². The molecule has 5 rings (SSSR count). The maximum atomic E-state index is 10.5. The highest BCUT2D eigenvalue weighted by Crippen LogP contribution is 2.41. The van der Waals surface area contributed by atoms with Crippen molar-refractivity contribution in [2.24, 2.45) is 0 Å². The molecule has 5 aromatic rings. The Morgan fingerprint density at radius 3 is 1.45 bits per heavy atom. The summed E-state index contributed by atoms with van der Waals surface area (Å²) in [6.45, 7) is 12.7. The number of aryl methyl sites for hydroxylation is 3. The third kappa shape index (κ3) is 8.73. The zero-order valence-electron chi connectivity index (χ0n) is 31.5. The minimum atomic E-state index is -2.81. The third-order valence-electron chi connectivity index (χ3n) is 8.85. The van der Waals surface area contributed by atoms with Gasteiger partial charge in [-0.2, -0.15) is 0 Å². The van der Waals surface area contributed by atoms with E-state index in [1.165, 1.54) is 10.4 Å². The predicted molar refractivity (Wildman–Crippen MR) is 212 cm³/mol. The van der Waals surface area contributed by atoms with Crippen LogP contribution in [0.1, 0.15) is 58.9 Å². The zero-order valence-corrected chi connectivity index (χ0v) is 32.5. The van der Waals surface area contributed by atoms with E-state index in [2.05, 4.69) is 106 Å². The molecule has 51 heavy (non-hydrogen) atoms. The van der Waals surface area contributed by atoms with Crippen molar-refractivity contribution in [1.82, 2.24) is 0 Å². The minimum absolute atomic E-state index is 0.163. The van der Waals surface area contributed by atoms with E-state index in [1.807, 2.05) is 51.1 Å². The number of hydrogen-bond acceptors (Lipinski definition) is 6. The molecule has 0 spiro atoms. The molecule has 266 valence electrons. The van der Waals surface area contributed by atoms with Crippen LogP contribution in [0.4, 0.5) is 0 Å². The van der Waals surface area contributed by atoms with E-state index in [-0.39, 0.29) is 5.04 Å². The second-order valence-corrected chi connectivity index (χ2v) is 17.6. The normalized spacial score (nSPS) is 11.3. The number of ether oxygens (including phenoxy) is 4. The Hall–Kier alpha value is -5.27. The van der Waals surface area contributed by atoms with Crippen molar-refractivity contribution in [3.8, 4) is 28.7 Å². The Morgan fingerprint density at radius 2 is 0.980 bits per heavy atom. The molecular formula is C44H50O6Si. The smallest absolute Gasteiger partial charge is 0.320 e. The Bertz CT molecular complexity index is 1880. The molecule has 5 aromatic carbocycles. The quantitative estimate of drug-likeness (QED) is 0.0777. The number of hydrogen-bond donors (Lipinski definition) is 0. The fourth-order valence-corrected chi connectivity index (χ4v) is 11.0. The number of aldehydes is 1. The van der Waals surface area contributed by atoms with Crippen molar-refractivity contribution in [1.29, 1.82) is 0 Å². The monoisotopic (exact) mass is 702 g/mol. The van der Waals surface area contributed by atoms with Crippen LogP contribution in [0.5, 0.6) is 28.7 Å². The molecule has 0 fully saturated rings. The molecule has 0 amide bonds. The van der Waals surface area contributed by atoms with Crippen molar-refractivity contribution < 1.29 is 28.2 Å². The first-order valence-electron chi connectivity index (χ1n) is 16.9. The lowest BCUT2D eigenvalue weighted by Gasteiger charge is -2.43. The average Bonchev–Trinajstić information content (AvgIpc) is 3.13. The van der Waals surface area contributed by atoms with Crippen LogP contribution >= 0.6 is 0 Å². The van der Waals surface area contributed by atoms with Crippen LogP contribution in [0.15, 0.2) is 103 Å². The first-order chi connectivity index (χ1) is 24.4. The molecule has 0 saturated heterocycles. The highest BCUT2D eigenvalue weighted by Gasteiger charge is 2.52.